The maximum absolute atomic E-state index is 15.1. The number of halogens is 1. The number of aliphatic hydroxyl groups is 3. The van der Waals surface area contributed by atoms with E-state index >= 15 is 4.39 Å². The molecule has 286 valence electrons. The van der Waals surface area contributed by atoms with Gasteiger partial charge in [0.05, 0.1) is 24.1 Å². The number of ether oxygens (including phenoxy) is 1. The molecule has 5 fully saturated rings. The predicted molar refractivity (Wildman–Crippen MR) is 195 cm³/mol. The average Bonchev–Trinajstić information content (AvgIpc) is 3.92. The highest BCUT2D eigenvalue weighted by Crippen LogP contribution is 2.67. The molecule has 12 nitrogen and oxygen atoms in total. The summed E-state index contributed by atoms with van der Waals surface area (Å²) in [6.45, 7) is 7.31. The molecule has 13 heteroatoms. The number of pyridine rings is 1. The summed E-state index contributed by atoms with van der Waals surface area (Å²) < 4.78 is 22.5. The Bertz CT molecular complexity index is 1990. The number of anilines is 1. The number of nitrogens with zero attached hydrogens (tertiary/aromatic N) is 2. The zero-order chi connectivity index (χ0) is 38.2. The maximum Gasteiger partial charge on any atom is 0.341 e. The van der Waals surface area contributed by atoms with Crippen molar-refractivity contribution >= 4 is 34.1 Å². The molecule has 6 aliphatic rings. The van der Waals surface area contributed by atoms with Crippen LogP contribution in [0.15, 0.2) is 40.9 Å². The maximum atomic E-state index is 15.1. The van der Waals surface area contributed by atoms with Crippen LogP contribution in [0.3, 0.4) is 0 Å². The summed E-state index contributed by atoms with van der Waals surface area (Å²) in [5.41, 5.74) is -1.78. The van der Waals surface area contributed by atoms with Gasteiger partial charge in [0.2, 0.25) is 5.43 Å². The largest absolute Gasteiger partial charge is 0.492 e. The number of ketones is 2. The number of aromatic nitrogens is 1. The topological polar surface area (TPSA) is 179 Å². The van der Waals surface area contributed by atoms with E-state index in [0.29, 0.717) is 42.9 Å². The molecular weight excluding hydrogens is 685 g/mol. The van der Waals surface area contributed by atoms with Crippen LogP contribution in [0, 0.1) is 34.4 Å². The van der Waals surface area contributed by atoms with Gasteiger partial charge in [-0.2, -0.15) is 0 Å². The number of hydrogen-bond donors (Lipinski definition) is 5. The molecule has 2 heterocycles. The van der Waals surface area contributed by atoms with Crippen LogP contribution in [0.2, 0.25) is 0 Å². The number of carboxylic acids is 1. The summed E-state index contributed by atoms with van der Waals surface area (Å²) in [6, 6.07) is 1.45. The molecular formula is C40H50FN3O9. The van der Waals surface area contributed by atoms with Gasteiger partial charge in [0, 0.05) is 54.7 Å². The highest BCUT2D eigenvalue weighted by Gasteiger charge is 2.68. The van der Waals surface area contributed by atoms with Crippen molar-refractivity contribution in [1.29, 1.82) is 0 Å². The number of hydrogen-bond acceptors (Lipinski definition) is 10. The number of Topliss-reactive ketones (excluding diaryl/α,β-unsaturated/α-hetero) is 1. The van der Waals surface area contributed by atoms with Gasteiger partial charge in [0.1, 0.15) is 23.5 Å². The molecule has 1 aromatic heterocycles. The number of carboxylic acid groups (broad SMARTS) is 1. The van der Waals surface area contributed by atoms with E-state index in [1.807, 2.05) is 24.8 Å². The SMILES string of the molecule is COc1c(N2CCNC(C)C2)c(F)cc2c(=O)c(C(=O)O)cn(C3CC3)c12.C[C@]12C=CC(=O)C=C1CC[C@@H]1[C@@H]2[C@@H](O)C[C@@]2(C)[C@H]1CC[C@]2(O)C(=O)CO. The third-order valence-corrected chi connectivity index (χ3v) is 13.5. The van der Waals surface area contributed by atoms with E-state index in [-0.39, 0.29) is 52.0 Å². The van der Waals surface area contributed by atoms with Crippen LogP contribution in [0.5, 0.6) is 5.75 Å². The Balaban J connectivity index is 0.000000164. The Morgan fingerprint density at radius 2 is 1.89 bits per heavy atom. The number of rotatable bonds is 6. The standard InChI is InChI=1S/C21H28O5.C19H22FN3O4/c1-19-7-5-13(23)9-12(19)3-4-14-15-6-8-21(26,17(25)11-22)20(15,2)10-16(24)18(14)19;1-10-8-22(6-5-21-10)16-14(20)7-12-15(18(16)27-2)23(11-3-4-11)9-13(17(12)24)19(25)26/h5,7,9,14-16,18,22,24,26H,3-4,6,8,10-11H2,1-2H3;7,9-11,21H,3-6,8H2,1-2H3,(H,25,26)/t14-,15-,16-,18+,19-,20-,21-;/m0./s1. The van der Waals surface area contributed by atoms with Crippen molar-refractivity contribution in [2.45, 2.75) is 89.5 Å². The van der Waals surface area contributed by atoms with E-state index in [1.54, 1.807) is 16.7 Å². The van der Waals surface area contributed by atoms with Crippen LogP contribution in [-0.2, 0) is 9.59 Å². The molecule has 2 aromatic rings. The molecule has 0 bridgehead atoms. The zero-order valence-corrected chi connectivity index (χ0v) is 30.7. The summed E-state index contributed by atoms with van der Waals surface area (Å²) in [6.07, 6.45) is 10.8. The summed E-state index contributed by atoms with van der Waals surface area (Å²) >= 11 is 0. The summed E-state index contributed by atoms with van der Waals surface area (Å²) in [5, 5.41) is 44.4. The van der Waals surface area contributed by atoms with E-state index in [9.17, 15) is 39.6 Å². The lowest BCUT2D eigenvalue weighted by molar-refractivity contribution is -0.178. The average molecular weight is 736 g/mol. The van der Waals surface area contributed by atoms with Crippen molar-refractivity contribution in [2.24, 2.45) is 28.6 Å². The van der Waals surface area contributed by atoms with Gasteiger partial charge < -0.3 is 39.9 Å². The number of aromatic carboxylic acids is 1. The number of methoxy groups -OCH3 is 1. The Kier molecular flexibility index (Phi) is 9.48. The van der Waals surface area contributed by atoms with Crippen molar-refractivity contribution in [1.82, 2.24) is 9.88 Å². The number of allylic oxidation sites excluding steroid dienone is 4. The highest BCUT2D eigenvalue weighted by molar-refractivity contribution is 6.01. The predicted octanol–water partition coefficient (Wildman–Crippen LogP) is 3.54. The fraction of sp³-hybridized carbons (Fsp3) is 0.600. The molecule has 8 atom stereocenters. The molecule has 1 aromatic carbocycles. The zero-order valence-electron chi connectivity index (χ0n) is 30.7. The quantitative estimate of drug-likeness (QED) is 0.293. The number of benzene rings is 1. The molecule has 53 heavy (non-hydrogen) atoms. The van der Waals surface area contributed by atoms with Gasteiger partial charge in [0.15, 0.2) is 23.1 Å². The summed E-state index contributed by atoms with van der Waals surface area (Å²) in [7, 11) is 1.45. The Hall–Kier alpha value is -3.91. The molecule has 0 spiro atoms. The van der Waals surface area contributed by atoms with Crippen LogP contribution >= 0.6 is 0 Å². The summed E-state index contributed by atoms with van der Waals surface area (Å²) in [4.78, 5) is 50.3. The molecule has 0 amide bonds. The number of nitrogens with one attached hydrogen (secondary N) is 1. The van der Waals surface area contributed by atoms with E-state index in [0.717, 1.165) is 50.3 Å². The molecule has 4 saturated carbocycles. The Morgan fingerprint density at radius 3 is 2.53 bits per heavy atom. The molecule has 1 unspecified atom stereocenters. The van der Waals surface area contributed by atoms with Crippen LogP contribution in [0.1, 0.15) is 82.1 Å². The van der Waals surface area contributed by atoms with Crippen LogP contribution in [0.4, 0.5) is 10.1 Å². The van der Waals surface area contributed by atoms with Crippen molar-refractivity contribution in [2.75, 3.05) is 38.3 Å². The molecule has 8 rings (SSSR count). The first kappa shape index (κ1) is 37.4. The number of fused-ring (bicyclic) bond motifs is 6. The molecule has 1 saturated heterocycles. The lowest BCUT2D eigenvalue weighted by Gasteiger charge is -2.59. The second kappa shape index (κ2) is 13.4. The lowest BCUT2D eigenvalue weighted by atomic mass is 9.46. The minimum atomic E-state index is -1.56. The van der Waals surface area contributed by atoms with Gasteiger partial charge in [0.25, 0.3) is 0 Å². The monoisotopic (exact) mass is 735 g/mol. The van der Waals surface area contributed by atoms with Gasteiger partial charge in [-0.1, -0.05) is 25.5 Å². The van der Waals surface area contributed by atoms with Gasteiger partial charge >= 0.3 is 5.97 Å². The van der Waals surface area contributed by atoms with Crippen LogP contribution in [0.25, 0.3) is 10.9 Å². The third-order valence-electron chi connectivity index (χ3n) is 13.5. The normalized spacial score (nSPS) is 34.7. The number of carbonyl (C=O) groups is 3. The van der Waals surface area contributed by atoms with Crippen molar-refractivity contribution in [3.8, 4) is 5.75 Å². The lowest BCUT2D eigenvalue weighted by Crippen LogP contribution is -2.61. The number of carbonyl (C=O) groups excluding carboxylic acids is 2. The van der Waals surface area contributed by atoms with Gasteiger partial charge in [-0.15, -0.1) is 0 Å². The fourth-order valence-corrected chi connectivity index (χ4v) is 10.8. The van der Waals surface area contributed by atoms with Crippen molar-refractivity contribution in [3.63, 3.8) is 0 Å². The fourth-order valence-electron chi connectivity index (χ4n) is 10.8. The second-order valence-electron chi connectivity index (χ2n) is 16.4. The molecule has 0 radical (unpaired) electrons. The van der Waals surface area contributed by atoms with Crippen LogP contribution in [-0.4, -0.2) is 93.6 Å². The molecule has 5 N–H and O–H groups in total. The smallest absolute Gasteiger partial charge is 0.341 e. The molecule has 1 aliphatic heterocycles. The number of piperazine rings is 1. The van der Waals surface area contributed by atoms with Crippen molar-refractivity contribution < 1.29 is 43.9 Å². The first-order valence-electron chi connectivity index (χ1n) is 18.8. The van der Waals surface area contributed by atoms with Gasteiger partial charge in [-0.3, -0.25) is 14.4 Å². The summed E-state index contributed by atoms with van der Waals surface area (Å²) in [5.74, 6) is -1.82. The van der Waals surface area contributed by atoms with Crippen molar-refractivity contribution in [3.05, 3.63) is 57.7 Å². The van der Waals surface area contributed by atoms with E-state index in [1.165, 1.54) is 13.3 Å². The Labute approximate surface area is 307 Å². The third kappa shape index (κ3) is 5.86. The first-order chi connectivity index (χ1) is 25.1. The second-order valence-corrected chi connectivity index (χ2v) is 16.4. The number of aliphatic hydroxyl groups excluding tert-OH is 2. The van der Waals surface area contributed by atoms with Gasteiger partial charge in [-0.05, 0) is 81.9 Å². The first-order valence-corrected chi connectivity index (χ1v) is 18.8. The van der Waals surface area contributed by atoms with Crippen LogP contribution < -0.4 is 20.4 Å². The minimum Gasteiger partial charge on any atom is -0.492 e. The highest BCUT2D eigenvalue weighted by atomic mass is 19.1. The van der Waals surface area contributed by atoms with Gasteiger partial charge in [-0.25, -0.2) is 9.18 Å². The molecule has 5 aliphatic carbocycles. The van der Waals surface area contributed by atoms with E-state index < -0.39 is 46.7 Å². The van der Waals surface area contributed by atoms with E-state index in [4.69, 9.17) is 4.74 Å². The Morgan fingerprint density at radius 1 is 1.15 bits per heavy atom. The minimum absolute atomic E-state index is 0.00912. The van der Waals surface area contributed by atoms with E-state index in [2.05, 4.69) is 12.2 Å².